The summed E-state index contributed by atoms with van der Waals surface area (Å²) in [7, 11) is 4.17. The van der Waals surface area contributed by atoms with Gasteiger partial charge in [0.25, 0.3) is 0 Å². The van der Waals surface area contributed by atoms with E-state index in [1.54, 1.807) is 0 Å². The molecule has 0 aromatic carbocycles. The molecule has 0 radical (unpaired) electrons. The molecule has 0 spiro atoms. The maximum Gasteiger partial charge on any atom is 0.0534 e. The fourth-order valence-corrected chi connectivity index (χ4v) is 3.18. The van der Waals surface area contributed by atoms with Gasteiger partial charge in [0.05, 0.1) is 6.20 Å². The summed E-state index contributed by atoms with van der Waals surface area (Å²) in [6, 6.07) is 0.634. The van der Waals surface area contributed by atoms with Crippen LogP contribution < -0.4 is 5.32 Å². The van der Waals surface area contributed by atoms with Crippen molar-refractivity contribution in [2.75, 3.05) is 26.4 Å². The summed E-state index contributed by atoms with van der Waals surface area (Å²) in [6.07, 6.45) is 6.24. The highest BCUT2D eigenvalue weighted by atomic mass is 32.2. The fraction of sp³-hybridized carbons (Fsp3) is 0.727. The Balaban J connectivity index is 1.94. The summed E-state index contributed by atoms with van der Waals surface area (Å²) in [5.41, 5.74) is 1.29. The molecule has 2 atom stereocenters. The predicted molar refractivity (Wildman–Crippen MR) is 68.6 cm³/mol. The molecule has 1 fully saturated rings. The summed E-state index contributed by atoms with van der Waals surface area (Å²) < 4.78 is 1.86. The molecule has 2 rings (SSSR count). The van der Waals surface area contributed by atoms with Crippen LogP contribution in [0.15, 0.2) is 12.4 Å². The van der Waals surface area contributed by atoms with Crippen molar-refractivity contribution in [1.29, 1.82) is 0 Å². The van der Waals surface area contributed by atoms with Crippen LogP contribution in [0.4, 0.5) is 0 Å². The predicted octanol–water partition coefficient (Wildman–Crippen LogP) is 0.555. The second-order valence-electron chi connectivity index (χ2n) is 4.44. The van der Waals surface area contributed by atoms with E-state index in [1.165, 1.54) is 5.56 Å². The number of nitrogens with one attached hydrogen (secondary N) is 1. The lowest BCUT2D eigenvalue weighted by atomic mass is 10.2. The molecule has 0 amide bonds. The Hall–Kier alpha value is -0.520. The molecule has 1 aliphatic heterocycles. The topological polar surface area (TPSA) is 33.1 Å². The number of hydrogen-bond acceptors (Lipinski definition) is 4. The minimum Gasteiger partial charge on any atom is -0.314 e. The van der Waals surface area contributed by atoms with Gasteiger partial charge in [-0.2, -0.15) is 16.9 Å². The second-order valence-corrected chi connectivity index (χ2v) is 5.51. The third kappa shape index (κ3) is 2.59. The fourth-order valence-electron chi connectivity index (χ4n) is 2.28. The molecule has 4 nitrogen and oxygen atoms in total. The van der Waals surface area contributed by atoms with E-state index in [2.05, 4.69) is 34.8 Å². The Morgan fingerprint density at radius 2 is 2.44 bits per heavy atom. The number of thioether (sulfide) groups is 1. The van der Waals surface area contributed by atoms with Crippen LogP contribution in [0.5, 0.6) is 0 Å². The van der Waals surface area contributed by atoms with Gasteiger partial charge in [-0.3, -0.25) is 9.58 Å². The van der Waals surface area contributed by atoms with Crippen molar-refractivity contribution in [3.8, 4) is 0 Å². The van der Waals surface area contributed by atoms with Crippen LogP contribution in [0.3, 0.4) is 0 Å². The molecule has 1 N–H and O–H groups in total. The standard InChI is InChI=1S/C11H20N4S/c1-14(7-9-4-13-15(2)8-9)10-5-12-6-11(10)16-3/h4,8,10-12H,5-7H2,1-3H3. The van der Waals surface area contributed by atoms with Crippen molar-refractivity contribution in [3.05, 3.63) is 18.0 Å². The first-order valence-electron chi connectivity index (χ1n) is 5.62. The monoisotopic (exact) mass is 240 g/mol. The van der Waals surface area contributed by atoms with Crippen molar-refractivity contribution in [3.63, 3.8) is 0 Å². The minimum absolute atomic E-state index is 0.634. The first-order chi connectivity index (χ1) is 7.70. The molecule has 0 saturated carbocycles. The molecule has 2 heterocycles. The van der Waals surface area contributed by atoms with E-state index in [-0.39, 0.29) is 0 Å². The maximum atomic E-state index is 4.20. The molecule has 1 saturated heterocycles. The highest BCUT2D eigenvalue weighted by Crippen LogP contribution is 2.20. The van der Waals surface area contributed by atoms with Crippen molar-refractivity contribution in [2.45, 2.75) is 17.8 Å². The van der Waals surface area contributed by atoms with E-state index in [1.807, 2.05) is 29.7 Å². The zero-order valence-corrected chi connectivity index (χ0v) is 11.0. The Bertz CT molecular complexity index is 338. The van der Waals surface area contributed by atoms with Crippen LogP contribution in [0.1, 0.15) is 5.56 Å². The average Bonchev–Trinajstić information content (AvgIpc) is 2.86. The molecule has 1 aromatic rings. The van der Waals surface area contributed by atoms with E-state index >= 15 is 0 Å². The van der Waals surface area contributed by atoms with Gasteiger partial charge in [0.2, 0.25) is 0 Å². The van der Waals surface area contributed by atoms with E-state index in [9.17, 15) is 0 Å². The molecular formula is C11H20N4S. The molecule has 2 unspecified atom stereocenters. The minimum atomic E-state index is 0.634. The molecule has 16 heavy (non-hydrogen) atoms. The van der Waals surface area contributed by atoms with Gasteiger partial charge in [-0.25, -0.2) is 0 Å². The summed E-state index contributed by atoms with van der Waals surface area (Å²) in [5.74, 6) is 0. The number of likely N-dealkylation sites (N-methyl/N-ethyl adjacent to an activating group) is 1. The normalized spacial score (nSPS) is 25.5. The number of hydrogen-bond donors (Lipinski definition) is 1. The summed E-state index contributed by atoms with van der Waals surface area (Å²) >= 11 is 1.96. The van der Waals surface area contributed by atoms with Gasteiger partial charge in [0, 0.05) is 49.7 Å². The zero-order chi connectivity index (χ0) is 11.5. The van der Waals surface area contributed by atoms with Gasteiger partial charge in [-0.05, 0) is 13.3 Å². The highest BCUT2D eigenvalue weighted by Gasteiger charge is 2.29. The van der Waals surface area contributed by atoms with E-state index in [0.717, 1.165) is 19.6 Å². The third-order valence-electron chi connectivity index (χ3n) is 3.19. The van der Waals surface area contributed by atoms with Gasteiger partial charge in [0.1, 0.15) is 0 Å². The van der Waals surface area contributed by atoms with Crippen LogP contribution in [-0.4, -0.2) is 52.4 Å². The smallest absolute Gasteiger partial charge is 0.0534 e. The second kappa shape index (κ2) is 5.21. The summed E-state index contributed by atoms with van der Waals surface area (Å²) in [4.78, 5) is 2.43. The van der Waals surface area contributed by atoms with Crippen LogP contribution in [0, 0.1) is 0 Å². The Morgan fingerprint density at radius 1 is 1.62 bits per heavy atom. The third-order valence-corrected chi connectivity index (χ3v) is 4.27. The molecule has 1 aliphatic rings. The maximum absolute atomic E-state index is 4.20. The molecule has 5 heteroatoms. The molecular weight excluding hydrogens is 220 g/mol. The first-order valence-corrected chi connectivity index (χ1v) is 6.90. The number of nitrogens with zero attached hydrogens (tertiary/aromatic N) is 3. The van der Waals surface area contributed by atoms with E-state index in [0.29, 0.717) is 11.3 Å². The SMILES string of the molecule is CSC1CNCC1N(C)Cc1cnn(C)c1. The van der Waals surface area contributed by atoms with Crippen LogP contribution in [0.25, 0.3) is 0 Å². The van der Waals surface area contributed by atoms with E-state index in [4.69, 9.17) is 0 Å². The van der Waals surface area contributed by atoms with Gasteiger partial charge < -0.3 is 5.32 Å². The van der Waals surface area contributed by atoms with Gasteiger partial charge in [0.15, 0.2) is 0 Å². The Morgan fingerprint density at radius 3 is 3.06 bits per heavy atom. The molecule has 0 bridgehead atoms. The van der Waals surface area contributed by atoms with Gasteiger partial charge in [-0.15, -0.1) is 0 Å². The lowest BCUT2D eigenvalue weighted by Gasteiger charge is -2.27. The van der Waals surface area contributed by atoms with Crippen molar-refractivity contribution in [2.24, 2.45) is 7.05 Å². The molecule has 0 aliphatic carbocycles. The summed E-state index contributed by atoms with van der Waals surface area (Å²) in [5, 5.41) is 8.38. The molecule has 90 valence electrons. The van der Waals surface area contributed by atoms with Crippen molar-refractivity contribution < 1.29 is 0 Å². The van der Waals surface area contributed by atoms with Gasteiger partial charge in [-0.1, -0.05) is 0 Å². The van der Waals surface area contributed by atoms with E-state index < -0.39 is 0 Å². The Kier molecular flexibility index (Phi) is 3.89. The highest BCUT2D eigenvalue weighted by molar-refractivity contribution is 7.99. The zero-order valence-electron chi connectivity index (χ0n) is 10.2. The average molecular weight is 240 g/mol. The van der Waals surface area contributed by atoms with Crippen molar-refractivity contribution in [1.82, 2.24) is 20.0 Å². The number of rotatable bonds is 4. The lowest BCUT2D eigenvalue weighted by molar-refractivity contribution is 0.253. The van der Waals surface area contributed by atoms with Crippen molar-refractivity contribution >= 4 is 11.8 Å². The lowest BCUT2D eigenvalue weighted by Crippen LogP contribution is -2.38. The first kappa shape index (κ1) is 12.0. The number of aromatic nitrogens is 2. The summed E-state index contributed by atoms with van der Waals surface area (Å²) in [6.45, 7) is 3.21. The van der Waals surface area contributed by atoms with Crippen LogP contribution in [-0.2, 0) is 13.6 Å². The largest absolute Gasteiger partial charge is 0.314 e. The van der Waals surface area contributed by atoms with Crippen LogP contribution in [0.2, 0.25) is 0 Å². The van der Waals surface area contributed by atoms with Gasteiger partial charge >= 0.3 is 0 Å². The molecule has 1 aromatic heterocycles. The van der Waals surface area contributed by atoms with Crippen LogP contribution >= 0.6 is 11.8 Å². The quantitative estimate of drug-likeness (QED) is 0.833. The number of aryl methyl sites for hydroxylation is 1. The Labute approximate surface area is 101 Å².